The van der Waals surface area contributed by atoms with Crippen LogP contribution in [0.5, 0.6) is 0 Å². The lowest BCUT2D eigenvalue weighted by atomic mass is 10.1. The Kier molecular flexibility index (Phi) is 4.76. The molecule has 8 heteroatoms. The van der Waals surface area contributed by atoms with Gasteiger partial charge in [-0.15, -0.1) is 0 Å². The van der Waals surface area contributed by atoms with Gasteiger partial charge in [0.1, 0.15) is 5.69 Å². The van der Waals surface area contributed by atoms with Gasteiger partial charge in [-0.05, 0) is 23.8 Å². The van der Waals surface area contributed by atoms with Gasteiger partial charge in [-0.2, -0.15) is 10.1 Å². The van der Waals surface area contributed by atoms with Gasteiger partial charge < -0.3 is 5.73 Å². The van der Waals surface area contributed by atoms with Crippen LogP contribution >= 0.6 is 34.8 Å². The molecule has 122 valence electrons. The molecule has 0 aliphatic rings. The number of nitrogens with two attached hydrogens (primary N) is 1. The number of nitrogen functional groups attached to an aromatic ring is 1. The molecule has 0 saturated carbocycles. The summed E-state index contributed by atoms with van der Waals surface area (Å²) >= 11 is 18.2. The van der Waals surface area contributed by atoms with E-state index in [4.69, 9.17) is 45.9 Å². The largest absolute Gasteiger partial charge is 0.382 e. The lowest BCUT2D eigenvalue weighted by Crippen LogP contribution is -2.28. The van der Waals surface area contributed by atoms with Crippen molar-refractivity contribution in [2.75, 3.05) is 5.73 Å². The molecule has 0 unspecified atom stereocenters. The minimum atomic E-state index is -0.0515. The second kappa shape index (κ2) is 6.81. The summed E-state index contributed by atoms with van der Waals surface area (Å²) in [5.74, 6) is 0.122. The van der Waals surface area contributed by atoms with Crippen LogP contribution in [0.15, 0.2) is 42.5 Å². The Morgan fingerprint density at radius 3 is 2.46 bits per heavy atom. The first-order valence-electron chi connectivity index (χ1n) is 6.94. The van der Waals surface area contributed by atoms with Crippen molar-refractivity contribution in [3.63, 3.8) is 0 Å². The van der Waals surface area contributed by atoms with Crippen LogP contribution in [0, 0.1) is 5.41 Å². The van der Waals surface area contributed by atoms with Crippen LogP contribution in [-0.4, -0.2) is 14.8 Å². The molecule has 0 radical (unpaired) electrons. The Morgan fingerprint density at radius 2 is 1.75 bits per heavy atom. The summed E-state index contributed by atoms with van der Waals surface area (Å²) < 4.78 is 1.44. The normalized spacial score (nSPS) is 10.8. The molecule has 0 bridgehead atoms. The molecule has 3 N–H and O–H groups in total. The number of rotatable bonds is 3. The molecule has 0 aliphatic heterocycles. The minimum absolute atomic E-state index is 0.0515. The summed E-state index contributed by atoms with van der Waals surface area (Å²) in [6.45, 7) is 0.356. The molecule has 0 aliphatic carbocycles. The Morgan fingerprint density at radius 1 is 1.04 bits per heavy atom. The Bertz CT molecular complexity index is 951. The van der Waals surface area contributed by atoms with Crippen molar-refractivity contribution in [3.8, 4) is 11.3 Å². The first-order chi connectivity index (χ1) is 11.5. The average molecular weight is 381 g/mol. The number of aromatic nitrogens is 3. The van der Waals surface area contributed by atoms with Gasteiger partial charge in [-0.1, -0.05) is 59.1 Å². The molecule has 1 heterocycles. The van der Waals surface area contributed by atoms with E-state index in [1.807, 2.05) is 12.1 Å². The third-order valence-electron chi connectivity index (χ3n) is 3.39. The highest BCUT2D eigenvalue weighted by Crippen LogP contribution is 2.33. The van der Waals surface area contributed by atoms with Crippen LogP contribution < -0.4 is 11.4 Å². The fraction of sp³-hybridized carbons (Fsp3) is 0.0625. The monoisotopic (exact) mass is 379 g/mol. The number of hydrogen-bond donors (Lipinski definition) is 2. The standard InChI is InChI=1S/C16H12Cl3N5/c17-10-6-4-9(5-7-10)8-24-16(21)22-15(20)14(23-24)11-2-1-3-12(18)13(11)19/h1-7H,8H2,(H3,20,21,22). The molecule has 24 heavy (non-hydrogen) atoms. The number of hydrogen-bond acceptors (Lipinski definition) is 4. The van der Waals surface area contributed by atoms with Gasteiger partial charge in [-0.3, -0.25) is 5.41 Å². The molecule has 5 nitrogen and oxygen atoms in total. The fourth-order valence-electron chi connectivity index (χ4n) is 2.20. The topological polar surface area (TPSA) is 80.6 Å². The van der Waals surface area contributed by atoms with Crippen LogP contribution in [0.4, 0.5) is 5.82 Å². The predicted octanol–water partition coefficient (Wildman–Crippen LogP) is 4.02. The Labute approximate surface area is 153 Å². The smallest absolute Gasteiger partial charge is 0.241 e. The SMILES string of the molecule is N=c1nc(N)c(-c2cccc(Cl)c2Cl)nn1Cc1ccc(Cl)cc1. The van der Waals surface area contributed by atoms with Gasteiger partial charge >= 0.3 is 0 Å². The number of nitrogens with one attached hydrogen (secondary N) is 1. The molecule has 2 aromatic carbocycles. The van der Waals surface area contributed by atoms with E-state index in [1.54, 1.807) is 30.3 Å². The highest BCUT2D eigenvalue weighted by molar-refractivity contribution is 6.43. The lowest BCUT2D eigenvalue weighted by Gasteiger charge is -2.11. The second-order valence-corrected chi connectivity index (χ2v) is 6.28. The van der Waals surface area contributed by atoms with Crippen LogP contribution in [0.3, 0.4) is 0 Å². The maximum Gasteiger partial charge on any atom is 0.241 e. The van der Waals surface area contributed by atoms with Crippen molar-refractivity contribution in [2.45, 2.75) is 6.54 Å². The molecule has 0 atom stereocenters. The second-order valence-electron chi connectivity index (χ2n) is 5.05. The summed E-state index contributed by atoms with van der Waals surface area (Å²) in [4.78, 5) is 4.05. The molecule has 0 fully saturated rings. The lowest BCUT2D eigenvalue weighted by molar-refractivity contribution is 0.597. The van der Waals surface area contributed by atoms with Crippen LogP contribution in [0.25, 0.3) is 11.3 Å². The number of benzene rings is 2. The number of halogens is 3. The quantitative estimate of drug-likeness (QED) is 0.720. The van der Waals surface area contributed by atoms with Crippen LogP contribution in [0.1, 0.15) is 5.56 Å². The maximum atomic E-state index is 7.98. The third-order valence-corrected chi connectivity index (χ3v) is 4.46. The van der Waals surface area contributed by atoms with Gasteiger partial charge in [0.15, 0.2) is 5.82 Å². The molecular weight excluding hydrogens is 369 g/mol. The van der Waals surface area contributed by atoms with E-state index >= 15 is 0 Å². The van der Waals surface area contributed by atoms with Gasteiger partial charge in [-0.25, -0.2) is 4.68 Å². The van der Waals surface area contributed by atoms with Crippen molar-refractivity contribution >= 4 is 40.6 Å². The first kappa shape index (κ1) is 16.8. The van der Waals surface area contributed by atoms with Gasteiger partial charge in [0.25, 0.3) is 0 Å². The Hall–Kier alpha value is -2.08. The zero-order valence-corrected chi connectivity index (χ0v) is 14.6. The fourth-order valence-corrected chi connectivity index (χ4v) is 2.71. The van der Waals surface area contributed by atoms with Crippen molar-refractivity contribution < 1.29 is 0 Å². The van der Waals surface area contributed by atoms with Gasteiger partial charge in [0, 0.05) is 10.6 Å². The number of anilines is 1. The third kappa shape index (κ3) is 3.38. The molecule has 3 rings (SSSR count). The van der Waals surface area contributed by atoms with E-state index in [-0.39, 0.29) is 11.4 Å². The molecular formula is C16H12Cl3N5. The minimum Gasteiger partial charge on any atom is -0.382 e. The van der Waals surface area contributed by atoms with Crippen molar-refractivity contribution in [1.29, 1.82) is 5.41 Å². The molecule has 0 saturated heterocycles. The first-order valence-corrected chi connectivity index (χ1v) is 8.07. The summed E-state index contributed by atoms with van der Waals surface area (Å²) in [5, 5.41) is 13.8. The zero-order valence-electron chi connectivity index (χ0n) is 12.3. The summed E-state index contributed by atoms with van der Waals surface area (Å²) in [6.07, 6.45) is 0. The van der Waals surface area contributed by atoms with Crippen LogP contribution in [-0.2, 0) is 6.54 Å². The van der Waals surface area contributed by atoms with Crippen LogP contribution in [0.2, 0.25) is 15.1 Å². The summed E-state index contributed by atoms with van der Waals surface area (Å²) in [7, 11) is 0. The van der Waals surface area contributed by atoms with E-state index in [1.165, 1.54) is 4.68 Å². The highest BCUT2D eigenvalue weighted by atomic mass is 35.5. The molecule has 1 aromatic heterocycles. The van der Waals surface area contributed by atoms with E-state index < -0.39 is 0 Å². The van der Waals surface area contributed by atoms with Crippen molar-refractivity contribution in [3.05, 3.63) is 68.7 Å². The van der Waals surface area contributed by atoms with Crippen molar-refractivity contribution in [1.82, 2.24) is 14.8 Å². The maximum absolute atomic E-state index is 7.98. The molecule has 0 amide bonds. The number of nitrogens with zero attached hydrogens (tertiary/aromatic N) is 3. The predicted molar refractivity (Wildman–Crippen MR) is 96.3 cm³/mol. The summed E-state index contributed by atoms with van der Waals surface area (Å²) in [6, 6.07) is 12.5. The zero-order chi connectivity index (χ0) is 17.3. The highest BCUT2D eigenvalue weighted by Gasteiger charge is 2.14. The van der Waals surface area contributed by atoms with E-state index in [2.05, 4.69) is 10.1 Å². The Balaban J connectivity index is 2.07. The van der Waals surface area contributed by atoms with E-state index in [0.717, 1.165) is 5.56 Å². The summed E-state index contributed by atoms with van der Waals surface area (Å²) in [5.41, 5.74) is 7.76. The van der Waals surface area contributed by atoms with Gasteiger partial charge in [0.2, 0.25) is 5.62 Å². The van der Waals surface area contributed by atoms with E-state index in [9.17, 15) is 0 Å². The molecule has 3 aromatic rings. The van der Waals surface area contributed by atoms with Crippen molar-refractivity contribution in [2.24, 2.45) is 0 Å². The average Bonchev–Trinajstić information content (AvgIpc) is 2.55. The molecule has 0 spiro atoms. The van der Waals surface area contributed by atoms with Gasteiger partial charge in [0.05, 0.1) is 16.6 Å². The van der Waals surface area contributed by atoms with E-state index in [0.29, 0.717) is 32.9 Å².